The van der Waals surface area contributed by atoms with Crippen molar-refractivity contribution in [2.24, 2.45) is 0 Å². The fourth-order valence-electron chi connectivity index (χ4n) is 4.56. The summed E-state index contributed by atoms with van der Waals surface area (Å²) in [5.41, 5.74) is 2.17. The molecule has 9 nitrogen and oxygen atoms in total. The zero-order valence-corrected chi connectivity index (χ0v) is 28.4. The van der Waals surface area contributed by atoms with Gasteiger partial charge in [0.1, 0.15) is 22.9 Å². The highest BCUT2D eigenvalue weighted by Crippen LogP contribution is 2.30. The number of hydrogen-bond donors (Lipinski definition) is 3. The lowest BCUT2D eigenvalue weighted by atomic mass is 10.1. The van der Waals surface area contributed by atoms with E-state index in [4.69, 9.17) is 14.2 Å². The number of carbonyl (C=O) groups is 3. The van der Waals surface area contributed by atoms with Gasteiger partial charge in [0, 0.05) is 33.5 Å². The molecule has 4 aromatic carbocycles. The highest BCUT2D eigenvalue weighted by molar-refractivity contribution is 8.00. The third kappa shape index (κ3) is 10.4. The number of amides is 3. The molecule has 3 amide bonds. The summed E-state index contributed by atoms with van der Waals surface area (Å²) >= 11 is 1.40. The molecule has 4 rings (SSSR count). The van der Waals surface area contributed by atoms with Gasteiger partial charge in [0.25, 0.3) is 11.8 Å². The highest BCUT2D eigenvalue weighted by Gasteiger charge is 2.20. The fourth-order valence-corrected chi connectivity index (χ4v) is 5.57. The number of rotatable bonds is 16. The molecule has 0 bridgehead atoms. The van der Waals surface area contributed by atoms with Crippen molar-refractivity contribution in [2.75, 3.05) is 31.5 Å². The summed E-state index contributed by atoms with van der Waals surface area (Å²) in [6.07, 6.45) is 4.19. The van der Waals surface area contributed by atoms with Crippen LogP contribution in [0.4, 0.5) is 11.4 Å². The van der Waals surface area contributed by atoms with Crippen LogP contribution < -0.4 is 30.2 Å². The van der Waals surface area contributed by atoms with Crippen molar-refractivity contribution in [1.29, 1.82) is 0 Å². The number of nitrogens with one attached hydrogen (secondary N) is 3. The molecule has 0 fully saturated rings. The van der Waals surface area contributed by atoms with Crippen LogP contribution in [-0.4, -0.2) is 43.8 Å². The normalized spacial score (nSPS) is 11.6. The number of ether oxygens (including phenoxy) is 3. The van der Waals surface area contributed by atoms with Crippen LogP contribution in [0.1, 0.15) is 49.0 Å². The van der Waals surface area contributed by atoms with Gasteiger partial charge in [0.15, 0.2) is 0 Å². The molecule has 0 spiro atoms. The van der Waals surface area contributed by atoms with Crippen LogP contribution >= 0.6 is 11.8 Å². The second-order valence-electron chi connectivity index (χ2n) is 10.7. The van der Waals surface area contributed by atoms with E-state index in [1.54, 1.807) is 73.8 Å². The molecule has 0 aromatic heterocycles. The number of anilines is 2. The van der Waals surface area contributed by atoms with E-state index < -0.39 is 11.8 Å². The van der Waals surface area contributed by atoms with Crippen LogP contribution in [0.25, 0.3) is 6.08 Å². The van der Waals surface area contributed by atoms with Gasteiger partial charge in [-0.15, -0.1) is 11.8 Å². The number of thioether (sulfide) groups is 1. The van der Waals surface area contributed by atoms with E-state index in [1.807, 2.05) is 43.3 Å². The van der Waals surface area contributed by atoms with E-state index >= 15 is 0 Å². The maximum absolute atomic E-state index is 13.7. The minimum Gasteiger partial charge on any atom is -0.497 e. The second-order valence-corrected chi connectivity index (χ2v) is 12.0. The van der Waals surface area contributed by atoms with Gasteiger partial charge in [-0.1, -0.05) is 44.5 Å². The summed E-state index contributed by atoms with van der Waals surface area (Å²) in [5, 5.41) is 8.25. The first-order valence-corrected chi connectivity index (χ1v) is 16.6. The Hall–Kier alpha value is -5.22. The van der Waals surface area contributed by atoms with Gasteiger partial charge in [-0.2, -0.15) is 0 Å². The van der Waals surface area contributed by atoms with E-state index in [9.17, 15) is 14.4 Å². The number of benzene rings is 4. The molecular formula is C38H41N3O6S. The molecule has 0 aliphatic rings. The first-order valence-electron chi connectivity index (χ1n) is 15.7. The quantitative estimate of drug-likeness (QED) is 0.0635. The average Bonchev–Trinajstić information content (AvgIpc) is 3.11. The monoisotopic (exact) mass is 667 g/mol. The van der Waals surface area contributed by atoms with Crippen molar-refractivity contribution in [3.05, 3.63) is 114 Å². The molecular weight excluding hydrogens is 627 g/mol. The lowest BCUT2D eigenvalue weighted by molar-refractivity contribution is -0.116. The maximum Gasteiger partial charge on any atom is 0.272 e. The molecule has 3 N–H and O–H groups in total. The summed E-state index contributed by atoms with van der Waals surface area (Å²) in [7, 11) is 3.07. The van der Waals surface area contributed by atoms with E-state index in [1.165, 1.54) is 18.9 Å². The highest BCUT2D eigenvalue weighted by atomic mass is 32.2. The summed E-state index contributed by atoms with van der Waals surface area (Å²) in [5.74, 6) is 0.714. The van der Waals surface area contributed by atoms with Crippen LogP contribution in [0.3, 0.4) is 0 Å². The van der Waals surface area contributed by atoms with Crippen molar-refractivity contribution in [3.63, 3.8) is 0 Å². The molecule has 0 aliphatic heterocycles. The van der Waals surface area contributed by atoms with Crippen molar-refractivity contribution in [2.45, 2.75) is 43.3 Å². The molecule has 48 heavy (non-hydrogen) atoms. The number of methoxy groups -OCH3 is 2. The summed E-state index contributed by atoms with van der Waals surface area (Å²) in [4.78, 5) is 40.7. The average molecular weight is 668 g/mol. The Morgan fingerprint density at radius 3 is 2.23 bits per heavy atom. The van der Waals surface area contributed by atoms with Gasteiger partial charge in [-0.05, 0) is 85.6 Å². The molecule has 0 saturated heterocycles. The number of unbranched alkanes of at least 4 members (excludes halogenated alkanes) is 1. The zero-order chi connectivity index (χ0) is 34.3. The molecule has 250 valence electrons. The molecule has 0 heterocycles. The van der Waals surface area contributed by atoms with Crippen molar-refractivity contribution >= 4 is 46.9 Å². The van der Waals surface area contributed by atoms with Crippen molar-refractivity contribution < 1.29 is 28.6 Å². The Morgan fingerprint density at radius 1 is 0.792 bits per heavy atom. The second kappa shape index (κ2) is 18.2. The van der Waals surface area contributed by atoms with Crippen LogP contribution in [0.15, 0.2) is 108 Å². The standard InChI is InChI=1S/C38H41N3O6S/c1-5-7-22-47-30-20-17-28(18-21-30)39-38(44)35(6-2)48-32-15-11-14-29(24-32)40-37(43)33(41-36(42)26-12-9-8-10-13-26)23-27-16-19-31(45-3)25-34(27)46-4/h8-21,23-25,35H,5-7,22H2,1-4H3,(H,39,44)(H,40,43)(H,41,42)/b33-23+. The van der Waals surface area contributed by atoms with E-state index in [2.05, 4.69) is 22.9 Å². The van der Waals surface area contributed by atoms with E-state index in [-0.39, 0.29) is 16.9 Å². The predicted molar refractivity (Wildman–Crippen MR) is 192 cm³/mol. The van der Waals surface area contributed by atoms with Crippen LogP contribution in [0, 0.1) is 0 Å². The summed E-state index contributed by atoms with van der Waals surface area (Å²) in [6.45, 7) is 4.73. The zero-order valence-electron chi connectivity index (χ0n) is 27.6. The third-order valence-electron chi connectivity index (χ3n) is 7.19. The van der Waals surface area contributed by atoms with Gasteiger partial charge in [0.2, 0.25) is 5.91 Å². The molecule has 1 atom stereocenters. The van der Waals surface area contributed by atoms with Gasteiger partial charge >= 0.3 is 0 Å². The largest absolute Gasteiger partial charge is 0.497 e. The maximum atomic E-state index is 13.7. The molecule has 0 radical (unpaired) electrons. The van der Waals surface area contributed by atoms with Gasteiger partial charge in [-0.25, -0.2) is 0 Å². The number of carbonyl (C=O) groups excluding carboxylic acids is 3. The minimum atomic E-state index is -0.536. The Morgan fingerprint density at radius 2 is 1.54 bits per heavy atom. The molecule has 4 aromatic rings. The Kier molecular flexibility index (Phi) is 13.5. The molecule has 0 saturated carbocycles. The Bertz CT molecular complexity index is 1710. The summed E-state index contributed by atoms with van der Waals surface area (Å²) < 4.78 is 16.5. The molecule has 1 unspecified atom stereocenters. The summed E-state index contributed by atoms with van der Waals surface area (Å²) in [6, 6.07) is 28.4. The Labute approximate surface area is 286 Å². The van der Waals surface area contributed by atoms with E-state index in [0.717, 1.165) is 23.5 Å². The SMILES string of the molecule is CCCCOc1ccc(NC(=O)C(CC)Sc2cccc(NC(=O)/C(=C\c3ccc(OC)cc3OC)NC(=O)c3ccccc3)c2)cc1. The Balaban J connectivity index is 1.48. The van der Waals surface area contributed by atoms with Crippen LogP contribution in [0.2, 0.25) is 0 Å². The smallest absolute Gasteiger partial charge is 0.272 e. The van der Waals surface area contributed by atoms with Crippen molar-refractivity contribution in [1.82, 2.24) is 5.32 Å². The first-order chi connectivity index (χ1) is 23.3. The van der Waals surface area contributed by atoms with Gasteiger partial charge in [-0.3, -0.25) is 14.4 Å². The molecule has 10 heteroatoms. The first kappa shape index (κ1) is 35.6. The lowest BCUT2D eigenvalue weighted by Crippen LogP contribution is -2.30. The minimum absolute atomic E-state index is 0.0120. The van der Waals surface area contributed by atoms with Gasteiger partial charge in [0.05, 0.1) is 26.1 Å². The third-order valence-corrected chi connectivity index (χ3v) is 8.55. The van der Waals surface area contributed by atoms with Crippen molar-refractivity contribution in [3.8, 4) is 17.2 Å². The predicted octanol–water partition coefficient (Wildman–Crippen LogP) is 7.80. The van der Waals surface area contributed by atoms with Crippen LogP contribution in [0.5, 0.6) is 17.2 Å². The van der Waals surface area contributed by atoms with E-state index in [0.29, 0.717) is 47.0 Å². The topological polar surface area (TPSA) is 115 Å². The lowest BCUT2D eigenvalue weighted by Gasteiger charge is -2.16. The fraction of sp³-hybridized carbons (Fsp3) is 0.237. The van der Waals surface area contributed by atoms with Crippen LogP contribution in [-0.2, 0) is 9.59 Å². The molecule has 0 aliphatic carbocycles. The number of hydrogen-bond acceptors (Lipinski definition) is 7. The van der Waals surface area contributed by atoms with Gasteiger partial charge < -0.3 is 30.2 Å².